The molecular formula is C16H13F2N3O. The molecule has 0 fully saturated rings. The molecule has 3 rings (SSSR count). The quantitative estimate of drug-likeness (QED) is 0.777. The molecule has 2 aromatic carbocycles. The number of benzene rings is 2. The van der Waals surface area contributed by atoms with Crippen molar-refractivity contribution in [2.24, 2.45) is 0 Å². The third-order valence-corrected chi connectivity index (χ3v) is 3.34. The Hall–Kier alpha value is -2.60. The van der Waals surface area contributed by atoms with Crippen molar-refractivity contribution in [2.45, 2.75) is 6.10 Å². The second-order valence-electron chi connectivity index (χ2n) is 4.77. The number of nitrogens with zero attached hydrogens (tertiary/aromatic N) is 2. The van der Waals surface area contributed by atoms with Gasteiger partial charge < -0.3 is 10.4 Å². The third kappa shape index (κ3) is 2.73. The molecule has 112 valence electrons. The predicted octanol–water partition coefficient (Wildman–Crippen LogP) is 3.05. The lowest BCUT2D eigenvalue weighted by Gasteiger charge is -2.15. The van der Waals surface area contributed by atoms with Gasteiger partial charge in [-0.3, -0.25) is 0 Å². The van der Waals surface area contributed by atoms with Crippen LogP contribution in [-0.2, 0) is 0 Å². The maximum Gasteiger partial charge on any atom is 0.137 e. The molecule has 6 heteroatoms. The van der Waals surface area contributed by atoms with Gasteiger partial charge >= 0.3 is 0 Å². The van der Waals surface area contributed by atoms with Gasteiger partial charge in [-0.1, -0.05) is 18.2 Å². The number of aliphatic hydroxyl groups is 1. The number of rotatable bonds is 4. The molecule has 1 atom stereocenters. The molecule has 22 heavy (non-hydrogen) atoms. The Balaban J connectivity index is 1.82. The Bertz CT molecular complexity index is 785. The molecule has 3 aromatic rings. The first-order chi connectivity index (χ1) is 10.7. The zero-order chi connectivity index (χ0) is 15.5. The first-order valence-electron chi connectivity index (χ1n) is 6.72. The summed E-state index contributed by atoms with van der Waals surface area (Å²) < 4.78 is 27.3. The number of aliphatic hydroxyl groups excluding tert-OH is 1. The van der Waals surface area contributed by atoms with Gasteiger partial charge in [-0.05, 0) is 24.3 Å². The largest absolute Gasteiger partial charge is 0.386 e. The number of anilines is 1. The predicted molar refractivity (Wildman–Crippen MR) is 79.3 cm³/mol. The summed E-state index contributed by atoms with van der Waals surface area (Å²) in [6.45, 7) is -0.0706. The number of fused-ring (bicyclic) bond motifs is 1. The van der Waals surface area contributed by atoms with Crippen molar-refractivity contribution in [2.75, 3.05) is 11.9 Å². The minimum absolute atomic E-state index is 0.0706. The Morgan fingerprint density at radius 3 is 2.50 bits per heavy atom. The molecule has 0 aliphatic carbocycles. The van der Waals surface area contributed by atoms with Crippen molar-refractivity contribution < 1.29 is 13.9 Å². The van der Waals surface area contributed by atoms with Crippen molar-refractivity contribution in [1.29, 1.82) is 0 Å². The van der Waals surface area contributed by atoms with Crippen LogP contribution in [0.25, 0.3) is 10.9 Å². The fraction of sp³-hybridized carbons (Fsp3) is 0.125. The maximum atomic E-state index is 13.6. The van der Waals surface area contributed by atoms with Crippen LogP contribution in [0.1, 0.15) is 11.7 Å². The highest BCUT2D eigenvalue weighted by molar-refractivity contribution is 5.88. The molecule has 1 heterocycles. The van der Waals surface area contributed by atoms with E-state index in [-0.39, 0.29) is 12.1 Å². The lowest BCUT2D eigenvalue weighted by molar-refractivity contribution is 0.181. The minimum atomic E-state index is -1.32. The molecular weight excluding hydrogens is 288 g/mol. The first-order valence-corrected chi connectivity index (χ1v) is 6.72. The van der Waals surface area contributed by atoms with Gasteiger partial charge in [-0.25, -0.2) is 18.7 Å². The van der Waals surface area contributed by atoms with Gasteiger partial charge in [0, 0.05) is 11.9 Å². The Labute approximate surface area is 125 Å². The van der Waals surface area contributed by atoms with Crippen molar-refractivity contribution in [3.63, 3.8) is 0 Å². The van der Waals surface area contributed by atoms with E-state index in [4.69, 9.17) is 0 Å². The summed E-state index contributed by atoms with van der Waals surface area (Å²) in [7, 11) is 0. The average molecular weight is 301 g/mol. The Kier molecular flexibility index (Phi) is 3.93. The molecule has 0 amide bonds. The number of hydrogen-bond acceptors (Lipinski definition) is 4. The van der Waals surface area contributed by atoms with Gasteiger partial charge in [0.25, 0.3) is 0 Å². The number of halogens is 2. The molecule has 0 spiro atoms. The van der Waals surface area contributed by atoms with E-state index in [1.165, 1.54) is 12.4 Å². The Morgan fingerprint density at radius 1 is 1.00 bits per heavy atom. The lowest BCUT2D eigenvalue weighted by atomic mass is 10.1. The average Bonchev–Trinajstić information content (AvgIpc) is 2.52. The van der Waals surface area contributed by atoms with Gasteiger partial charge in [0.05, 0.1) is 11.1 Å². The smallest absolute Gasteiger partial charge is 0.137 e. The molecule has 0 aliphatic rings. The lowest BCUT2D eigenvalue weighted by Crippen LogP contribution is -2.16. The van der Waals surface area contributed by atoms with E-state index in [1.54, 1.807) is 0 Å². The number of nitrogens with one attached hydrogen (secondary N) is 1. The molecule has 0 bridgehead atoms. The Morgan fingerprint density at radius 2 is 1.73 bits per heavy atom. The van der Waals surface area contributed by atoms with Gasteiger partial charge in [0.15, 0.2) is 0 Å². The molecule has 0 saturated heterocycles. The number of para-hydroxylation sites is 1. The van der Waals surface area contributed by atoms with E-state index in [2.05, 4.69) is 15.3 Å². The molecule has 2 N–H and O–H groups in total. The van der Waals surface area contributed by atoms with Crippen LogP contribution in [0.2, 0.25) is 0 Å². The monoisotopic (exact) mass is 301 g/mol. The van der Waals surface area contributed by atoms with Crippen LogP contribution in [0.15, 0.2) is 48.8 Å². The van der Waals surface area contributed by atoms with Crippen LogP contribution in [-0.4, -0.2) is 21.6 Å². The van der Waals surface area contributed by atoms with Crippen LogP contribution >= 0.6 is 0 Å². The van der Waals surface area contributed by atoms with Crippen molar-refractivity contribution in [3.8, 4) is 0 Å². The molecule has 0 aliphatic heterocycles. The summed E-state index contributed by atoms with van der Waals surface area (Å²) in [5.41, 5.74) is 0.389. The second-order valence-corrected chi connectivity index (χ2v) is 4.77. The van der Waals surface area contributed by atoms with Crippen molar-refractivity contribution in [3.05, 3.63) is 66.0 Å². The fourth-order valence-corrected chi connectivity index (χ4v) is 2.27. The summed E-state index contributed by atoms with van der Waals surface area (Å²) in [6.07, 6.45) is 0.0655. The highest BCUT2D eigenvalue weighted by Crippen LogP contribution is 2.23. The first kappa shape index (κ1) is 14.3. The van der Waals surface area contributed by atoms with E-state index in [0.717, 1.165) is 23.0 Å². The molecule has 0 saturated carbocycles. The van der Waals surface area contributed by atoms with Gasteiger partial charge in [0.2, 0.25) is 0 Å². The topological polar surface area (TPSA) is 58.0 Å². The number of hydrogen-bond donors (Lipinski definition) is 2. The maximum absolute atomic E-state index is 13.6. The summed E-state index contributed by atoms with van der Waals surface area (Å²) >= 11 is 0. The van der Waals surface area contributed by atoms with E-state index in [0.29, 0.717) is 5.82 Å². The van der Waals surface area contributed by atoms with E-state index in [1.807, 2.05) is 24.3 Å². The normalized spacial score (nSPS) is 12.3. The van der Waals surface area contributed by atoms with Crippen LogP contribution in [0.3, 0.4) is 0 Å². The highest BCUT2D eigenvalue weighted by Gasteiger charge is 2.18. The zero-order valence-electron chi connectivity index (χ0n) is 11.5. The second kappa shape index (κ2) is 6.03. The van der Waals surface area contributed by atoms with Crippen LogP contribution in [0.4, 0.5) is 14.6 Å². The molecule has 4 nitrogen and oxygen atoms in total. The molecule has 1 aromatic heterocycles. The van der Waals surface area contributed by atoms with Crippen LogP contribution in [0, 0.1) is 11.6 Å². The van der Waals surface area contributed by atoms with Crippen molar-refractivity contribution in [1.82, 2.24) is 9.97 Å². The van der Waals surface area contributed by atoms with Crippen LogP contribution in [0.5, 0.6) is 0 Å². The summed E-state index contributed by atoms with van der Waals surface area (Å²) in [4.78, 5) is 8.22. The summed E-state index contributed by atoms with van der Waals surface area (Å²) in [5.74, 6) is -1.05. The van der Waals surface area contributed by atoms with Crippen molar-refractivity contribution >= 4 is 16.7 Å². The highest BCUT2D eigenvalue weighted by atomic mass is 19.1. The van der Waals surface area contributed by atoms with E-state index in [9.17, 15) is 13.9 Å². The SMILES string of the molecule is OC(CNc1ncnc2ccccc12)c1c(F)cccc1F. The van der Waals surface area contributed by atoms with Crippen LogP contribution < -0.4 is 5.32 Å². The summed E-state index contributed by atoms with van der Waals surface area (Å²) in [6, 6.07) is 10.8. The standard InChI is InChI=1S/C16H13F2N3O/c17-11-5-3-6-12(18)15(11)14(22)8-19-16-10-4-1-2-7-13(10)20-9-21-16/h1-7,9,14,22H,8H2,(H,19,20,21). The van der Waals surface area contributed by atoms with Gasteiger partial charge in [-0.15, -0.1) is 0 Å². The fourth-order valence-electron chi connectivity index (χ4n) is 2.27. The third-order valence-electron chi connectivity index (χ3n) is 3.34. The van der Waals surface area contributed by atoms with E-state index < -0.39 is 17.7 Å². The van der Waals surface area contributed by atoms with Gasteiger partial charge in [-0.2, -0.15) is 0 Å². The minimum Gasteiger partial charge on any atom is -0.386 e. The molecule has 1 unspecified atom stereocenters. The molecule has 0 radical (unpaired) electrons. The zero-order valence-corrected chi connectivity index (χ0v) is 11.5. The number of aromatic nitrogens is 2. The van der Waals surface area contributed by atoms with E-state index >= 15 is 0 Å². The van der Waals surface area contributed by atoms with Gasteiger partial charge in [0.1, 0.15) is 29.9 Å². The summed E-state index contributed by atoms with van der Waals surface area (Å²) in [5, 5.41) is 13.7.